The van der Waals surface area contributed by atoms with E-state index in [2.05, 4.69) is 14.9 Å². The van der Waals surface area contributed by atoms with Gasteiger partial charge >= 0.3 is 6.03 Å². The first-order valence-corrected chi connectivity index (χ1v) is 8.81. The van der Waals surface area contributed by atoms with Gasteiger partial charge in [-0.25, -0.2) is 9.78 Å². The number of ether oxygens (including phenoxy) is 1. The van der Waals surface area contributed by atoms with Crippen LogP contribution in [0.25, 0.3) is 0 Å². The number of aryl methyl sites for hydroxylation is 1. The van der Waals surface area contributed by atoms with Gasteiger partial charge in [-0.1, -0.05) is 6.92 Å². The van der Waals surface area contributed by atoms with Crippen molar-refractivity contribution in [3.8, 4) is 0 Å². The van der Waals surface area contributed by atoms with Gasteiger partial charge in [-0.2, -0.15) is 0 Å². The molecule has 7 nitrogen and oxygen atoms in total. The van der Waals surface area contributed by atoms with Crippen LogP contribution in [-0.4, -0.2) is 47.3 Å². The summed E-state index contributed by atoms with van der Waals surface area (Å²) < 4.78 is 13.2. The van der Waals surface area contributed by atoms with Crippen molar-refractivity contribution >= 4 is 6.03 Å². The number of carbonyl (C=O) groups is 1. The van der Waals surface area contributed by atoms with Gasteiger partial charge in [0.25, 0.3) is 0 Å². The molecule has 2 amide bonds. The highest BCUT2D eigenvalue weighted by Crippen LogP contribution is 2.23. The second-order valence-electron chi connectivity index (χ2n) is 6.34. The molecule has 1 unspecified atom stereocenters. The van der Waals surface area contributed by atoms with E-state index in [1.54, 1.807) is 13.3 Å². The molecule has 0 bridgehead atoms. The molecular formula is C18H26N4O3. The Morgan fingerprint density at radius 3 is 2.84 bits per heavy atom. The number of furan rings is 1. The van der Waals surface area contributed by atoms with E-state index in [-0.39, 0.29) is 12.1 Å². The van der Waals surface area contributed by atoms with Gasteiger partial charge < -0.3 is 23.9 Å². The lowest BCUT2D eigenvalue weighted by Gasteiger charge is -2.33. The minimum atomic E-state index is -0.274. The molecule has 2 aromatic rings. The third-order valence-electron chi connectivity index (χ3n) is 4.70. The van der Waals surface area contributed by atoms with Gasteiger partial charge in [0.2, 0.25) is 0 Å². The fourth-order valence-corrected chi connectivity index (χ4v) is 3.23. The third kappa shape index (κ3) is 4.22. The van der Waals surface area contributed by atoms with Crippen molar-refractivity contribution < 1.29 is 13.9 Å². The lowest BCUT2D eigenvalue weighted by atomic mass is 10.1. The number of hydrogen-bond donors (Lipinski definition) is 1. The number of urea groups is 1. The Balaban J connectivity index is 1.56. The highest BCUT2D eigenvalue weighted by Gasteiger charge is 2.26. The number of aromatic nitrogens is 2. The van der Waals surface area contributed by atoms with Gasteiger partial charge in [0.15, 0.2) is 0 Å². The fourth-order valence-electron chi connectivity index (χ4n) is 3.23. The zero-order chi connectivity index (χ0) is 17.6. The van der Waals surface area contributed by atoms with Crippen molar-refractivity contribution in [3.05, 3.63) is 42.4 Å². The maximum atomic E-state index is 12.6. The van der Waals surface area contributed by atoms with Gasteiger partial charge in [0, 0.05) is 45.1 Å². The predicted molar refractivity (Wildman–Crippen MR) is 93.3 cm³/mol. The first kappa shape index (κ1) is 17.5. The zero-order valence-corrected chi connectivity index (χ0v) is 14.9. The Morgan fingerprint density at radius 2 is 2.24 bits per heavy atom. The van der Waals surface area contributed by atoms with E-state index >= 15 is 0 Å². The molecule has 1 fully saturated rings. The van der Waals surface area contributed by atoms with Crippen molar-refractivity contribution in [1.29, 1.82) is 0 Å². The van der Waals surface area contributed by atoms with E-state index in [0.29, 0.717) is 12.6 Å². The van der Waals surface area contributed by atoms with Crippen molar-refractivity contribution in [2.45, 2.75) is 38.3 Å². The van der Waals surface area contributed by atoms with Crippen LogP contribution in [0, 0.1) is 0 Å². The highest BCUT2D eigenvalue weighted by molar-refractivity contribution is 5.74. The molecule has 0 saturated carbocycles. The molecular weight excluding hydrogens is 320 g/mol. The van der Waals surface area contributed by atoms with E-state index in [1.165, 1.54) is 0 Å². The lowest BCUT2D eigenvalue weighted by Crippen LogP contribution is -2.46. The number of likely N-dealkylation sites (tertiary alicyclic amines) is 1. The second kappa shape index (κ2) is 8.20. The molecule has 136 valence electrons. The van der Waals surface area contributed by atoms with E-state index in [9.17, 15) is 4.79 Å². The van der Waals surface area contributed by atoms with Crippen LogP contribution in [0.3, 0.4) is 0 Å². The van der Waals surface area contributed by atoms with Crippen LogP contribution in [-0.2, 0) is 11.2 Å². The van der Waals surface area contributed by atoms with Crippen molar-refractivity contribution in [3.63, 3.8) is 0 Å². The topological polar surface area (TPSA) is 72.5 Å². The summed E-state index contributed by atoms with van der Waals surface area (Å²) in [6, 6.07) is 3.93. The fraction of sp³-hybridized carbons (Fsp3) is 0.556. The molecule has 2 aromatic heterocycles. The second-order valence-corrected chi connectivity index (χ2v) is 6.34. The minimum absolute atomic E-state index is 0.0689. The molecule has 1 saturated heterocycles. The van der Waals surface area contributed by atoms with E-state index < -0.39 is 0 Å². The normalized spacial score (nSPS) is 16.8. The summed E-state index contributed by atoms with van der Waals surface area (Å²) in [4.78, 5) is 18.6. The summed E-state index contributed by atoms with van der Waals surface area (Å²) in [5.41, 5.74) is 0. The Bertz CT molecular complexity index is 660. The predicted octanol–water partition coefficient (Wildman–Crippen LogP) is 2.77. The van der Waals surface area contributed by atoms with Crippen LogP contribution in [0.2, 0.25) is 0 Å². The maximum absolute atomic E-state index is 12.6. The molecule has 1 aliphatic heterocycles. The van der Waals surface area contributed by atoms with Crippen LogP contribution in [0.4, 0.5) is 4.79 Å². The van der Waals surface area contributed by atoms with Crippen molar-refractivity contribution in [2.75, 3.05) is 26.8 Å². The monoisotopic (exact) mass is 346 g/mol. The molecule has 0 spiro atoms. The number of nitrogens with zero attached hydrogens (tertiary/aromatic N) is 3. The summed E-state index contributed by atoms with van der Waals surface area (Å²) in [5.74, 6) is 1.65. The Labute approximate surface area is 148 Å². The smallest absolute Gasteiger partial charge is 0.318 e. The number of carbonyl (C=O) groups excluding carboxylic acids is 1. The lowest BCUT2D eigenvalue weighted by molar-refractivity contribution is 0.138. The number of piperidine rings is 1. The summed E-state index contributed by atoms with van der Waals surface area (Å²) in [6.45, 7) is 3.88. The Hall–Kier alpha value is -2.28. The SMILES string of the molecule is CCc1ccc(C(COC)NC(=O)N2CCC(n3ccnc3)CC2)o1. The first-order chi connectivity index (χ1) is 12.2. The molecule has 7 heteroatoms. The average Bonchev–Trinajstić information content (AvgIpc) is 3.33. The zero-order valence-electron chi connectivity index (χ0n) is 14.9. The summed E-state index contributed by atoms with van der Waals surface area (Å²) in [7, 11) is 1.62. The van der Waals surface area contributed by atoms with Gasteiger partial charge in [-0.3, -0.25) is 0 Å². The van der Waals surface area contributed by atoms with Crippen molar-refractivity contribution in [2.24, 2.45) is 0 Å². The average molecular weight is 346 g/mol. The molecule has 3 heterocycles. The molecule has 0 radical (unpaired) electrons. The van der Waals surface area contributed by atoms with Crippen LogP contribution in [0.15, 0.2) is 35.3 Å². The largest absolute Gasteiger partial charge is 0.464 e. The highest BCUT2D eigenvalue weighted by atomic mass is 16.5. The molecule has 1 atom stereocenters. The van der Waals surface area contributed by atoms with Gasteiger partial charge in [-0.15, -0.1) is 0 Å². The Kier molecular flexibility index (Phi) is 5.75. The van der Waals surface area contributed by atoms with E-state index in [1.807, 2.05) is 36.5 Å². The summed E-state index contributed by atoms with van der Waals surface area (Å²) in [5, 5.41) is 3.04. The van der Waals surface area contributed by atoms with Crippen molar-refractivity contribution in [1.82, 2.24) is 19.8 Å². The third-order valence-corrected chi connectivity index (χ3v) is 4.70. The molecule has 1 N–H and O–H groups in total. The Morgan fingerprint density at radius 1 is 1.44 bits per heavy atom. The van der Waals surface area contributed by atoms with Crippen LogP contribution in [0.5, 0.6) is 0 Å². The van der Waals surface area contributed by atoms with E-state index in [0.717, 1.165) is 43.9 Å². The molecule has 0 aromatic carbocycles. The van der Waals surface area contributed by atoms with Crippen LogP contribution in [0.1, 0.15) is 43.4 Å². The van der Waals surface area contributed by atoms with Gasteiger partial charge in [0.1, 0.15) is 17.6 Å². The van der Waals surface area contributed by atoms with E-state index in [4.69, 9.17) is 9.15 Å². The minimum Gasteiger partial charge on any atom is -0.464 e. The maximum Gasteiger partial charge on any atom is 0.318 e. The van der Waals surface area contributed by atoms with Crippen LogP contribution < -0.4 is 5.32 Å². The number of nitrogens with one attached hydrogen (secondary N) is 1. The first-order valence-electron chi connectivity index (χ1n) is 8.81. The number of methoxy groups -OCH3 is 1. The van der Waals surface area contributed by atoms with Crippen LogP contribution >= 0.6 is 0 Å². The standard InChI is InChI=1S/C18H26N4O3/c1-3-15-4-5-17(25-15)16(12-24-2)20-18(23)21-9-6-14(7-10-21)22-11-8-19-13-22/h4-5,8,11,13-14,16H,3,6-7,9-10,12H2,1-2H3,(H,20,23). The van der Waals surface area contributed by atoms with Gasteiger partial charge in [-0.05, 0) is 25.0 Å². The number of amides is 2. The number of rotatable bonds is 6. The molecule has 0 aliphatic carbocycles. The molecule has 3 rings (SSSR count). The quantitative estimate of drug-likeness (QED) is 0.873. The molecule has 25 heavy (non-hydrogen) atoms. The molecule has 1 aliphatic rings. The summed E-state index contributed by atoms with van der Waals surface area (Å²) in [6.07, 6.45) is 8.31. The summed E-state index contributed by atoms with van der Waals surface area (Å²) >= 11 is 0. The number of imidazole rings is 1. The van der Waals surface area contributed by atoms with Gasteiger partial charge in [0.05, 0.1) is 12.9 Å². The number of hydrogen-bond acceptors (Lipinski definition) is 4.